The van der Waals surface area contributed by atoms with E-state index in [0.29, 0.717) is 13.1 Å². The molecule has 23 heavy (non-hydrogen) atoms. The van der Waals surface area contributed by atoms with Gasteiger partial charge >= 0.3 is 0 Å². The second-order valence-corrected chi connectivity index (χ2v) is 6.86. The van der Waals surface area contributed by atoms with Crippen LogP contribution in [0.15, 0.2) is 36.8 Å². The molecule has 0 aliphatic carbocycles. The van der Waals surface area contributed by atoms with Crippen molar-refractivity contribution in [2.24, 2.45) is 5.41 Å². The van der Waals surface area contributed by atoms with Crippen LogP contribution in [0.1, 0.15) is 44.5 Å². The summed E-state index contributed by atoms with van der Waals surface area (Å²) in [6, 6.07) is 6.07. The predicted octanol–water partition coefficient (Wildman–Crippen LogP) is 3.54. The molecule has 0 bridgehead atoms. The number of hydrogen-bond acceptors (Lipinski definition) is 2. The highest BCUT2D eigenvalue weighted by Gasteiger charge is 2.41. The zero-order valence-electron chi connectivity index (χ0n) is 13.8. The Bertz CT molecular complexity index is 705. The lowest BCUT2D eigenvalue weighted by Crippen LogP contribution is -2.47. The summed E-state index contributed by atoms with van der Waals surface area (Å²) < 4.78 is 15.1. The largest absolute Gasteiger partial charge is 0.331 e. The van der Waals surface area contributed by atoms with Crippen LogP contribution in [0.25, 0.3) is 0 Å². The molecule has 0 radical (unpaired) electrons. The van der Waals surface area contributed by atoms with Gasteiger partial charge in [0.15, 0.2) is 0 Å². The maximum Gasteiger partial charge on any atom is 0.246 e. The third kappa shape index (κ3) is 2.87. The summed E-state index contributed by atoms with van der Waals surface area (Å²) in [6.45, 7) is 7.34. The van der Waals surface area contributed by atoms with E-state index in [-0.39, 0.29) is 23.2 Å². The number of carbonyl (C=O) groups excluding carboxylic acids is 1. The Morgan fingerprint density at radius 3 is 2.65 bits per heavy atom. The summed E-state index contributed by atoms with van der Waals surface area (Å²) in [5.41, 5.74) is 1.81. The van der Waals surface area contributed by atoms with E-state index >= 15 is 0 Å². The monoisotopic (exact) mass is 315 g/mol. The topological polar surface area (TPSA) is 38.1 Å². The van der Waals surface area contributed by atoms with Crippen LogP contribution in [0.4, 0.5) is 4.39 Å². The Balaban J connectivity index is 1.92. The number of benzene rings is 1. The van der Waals surface area contributed by atoms with Crippen molar-refractivity contribution in [3.8, 4) is 0 Å². The Kier molecular flexibility index (Phi) is 3.96. The highest BCUT2D eigenvalue weighted by molar-refractivity contribution is 5.82. The molecule has 3 rings (SSSR count). The van der Waals surface area contributed by atoms with Crippen LogP contribution < -0.4 is 0 Å². The first-order chi connectivity index (χ1) is 10.9. The van der Waals surface area contributed by atoms with E-state index in [4.69, 9.17) is 0 Å². The first-order valence-electron chi connectivity index (χ1n) is 7.96. The Hall–Kier alpha value is -2.17. The van der Waals surface area contributed by atoms with Gasteiger partial charge in [0.05, 0.1) is 18.6 Å². The number of amides is 1. The highest BCUT2D eigenvalue weighted by Crippen LogP contribution is 2.39. The summed E-state index contributed by atoms with van der Waals surface area (Å²) in [4.78, 5) is 19.1. The van der Waals surface area contributed by atoms with Gasteiger partial charge in [0, 0.05) is 12.7 Å². The SMILES string of the molecule is CCC(C)(C)C1C(=O)N(Cc2ccc(F)cc2)Cc2cncn21. The lowest BCUT2D eigenvalue weighted by Gasteiger charge is -2.41. The fourth-order valence-electron chi connectivity index (χ4n) is 3.10. The van der Waals surface area contributed by atoms with Gasteiger partial charge in [-0.25, -0.2) is 9.37 Å². The molecule has 1 aliphatic heterocycles. The van der Waals surface area contributed by atoms with Gasteiger partial charge in [-0.2, -0.15) is 0 Å². The first kappa shape index (κ1) is 15.7. The highest BCUT2D eigenvalue weighted by atomic mass is 19.1. The molecule has 4 nitrogen and oxygen atoms in total. The molecule has 2 heterocycles. The van der Waals surface area contributed by atoms with E-state index in [9.17, 15) is 9.18 Å². The Labute approximate surface area is 135 Å². The number of aromatic nitrogens is 2. The van der Waals surface area contributed by atoms with Crippen molar-refractivity contribution in [1.82, 2.24) is 14.5 Å². The summed E-state index contributed by atoms with van der Waals surface area (Å²) >= 11 is 0. The molecule has 1 aliphatic rings. The van der Waals surface area contributed by atoms with Gasteiger partial charge in [-0.1, -0.05) is 32.9 Å². The molecule has 0 saturated carbocycles. The van der Waals surface area contributed by atoms with Crippen molar-refractivity contribution in [2.75, 3.05) is 0 Å². The Morgan fingerprint density at radius 1 is 1.30 bits per heavy atom. The van der Waals surface area contributed by atoms with Crippen molar-refractivity contribution in [1.29, 1.82) is 0 Å². The van der Waals surface area contributed by atoms with Crippen molar-refractivity contribution in [2.45, 2.75) is 46.3 Å². The molecule has 0 fully saturated rings. The molecule has 0 N–H and O–H groups in total. The quantitative estimate of drug-likeness (QED) is 0.865. The molecule has 1 aromatic carbocycles. The average Bonchev–Trinajstić information content (AvgIpc) is 2.97. The normalized spacial score (nSPS) is 18.2. The van der Waals surface area contributed by atoms with Crippen LogP contribution in [0, 0.1) is 11.2 Å². The molecule has 2 aromatic rings. The molecule has 0 saturated heterocycles. The van der Waals surface area contributed by atoms with E-state index in [1.807, 2.05) is 15.7 Å². The maximum atomic E-state index is 13.1. The summed E-state index contributed by atoms with van der Waals surface area (Å²) in [7, 11) is 0. The molecule has 122 valence electrons. The maximum absolute atomic E-state index is 13.1. The minimum Gasteiger partial charge on any atom is -0.331 e. The van der Waals surface area contributed by atoms with E-state index in [2.05, 4.69) is 25.8 Å². The zero-order valence-corrected chi connectivity index (χ0v) is 13.8. The second-order valence-electron chi connectivity index (χ2n) is 6.86. The number of hydrogen-bond donors (Lipinski definition) is 0. The van der Waals surface area contributed by atoms with Gasteiger partial charge in [-0.15, -0.1) is 0 Å². The van der Waals surface area contributed by atoms with Gasteiger partial charge in [-0.05, 0) is 29.5 Å². The molecule has 5 heteroatoms. The van der Waals surface area contributed by atoms with Crippen molar-refractivity contribution >= 4 is 5.91 Å². The van der Waals surface area contributed by atoms with Crippen LogP contribution in [0.3, 0.4) is 0 Å². The van der Waals surface area contributed by atoms with Crippen molar-refractivity contribution in [3.05, 3.63) is 53.9 Å². The zero-order chi connectivity index (χ0) is 16.6. The van der Waals surface area contributed by atoms with Crippen LogP contribution in [-0.2, 0) is 17.9 Å². The number of imidazole rings is 1. The summed E-state index contributed by atoms with van der Waals surface area (Å²) in [5, 5.41) is 0. The molecule has 1 amide bonds. The van der Waals surface area contributed by atoms with Gasteiger partial charge < -0.3 is 9.47 Å². The van der Waals surface area contributed by atoms with Gasteiger partial charge in [0.1, 0.15) is 11.9 Å². The number of nitrogens with zero attached hydrogens (tertiary/aromatic N) is 3. The fourth-order valence-corrected chi connectivity index (χ4v) is 3.10. The average molecular weight is 315 g/mol. The molecular weight excluding hydrogens is 293 g/mol. The summed E-state index contributed by atoms with van der Waals surface area (Å²) in [5.74, 6) is -0.159. The smallest absolute Gasteiger partial charge is 0.246 e. The minimum absolute atomic E-state index is 0.103. The number of rotatable bonds is 4. The predicted molar refractivity (Wildman–Crippen MR) is 86.0 cm³/mol. The number of fused-ring (bicyclic) bond motifs is 1. The van der Waals surface area contributed by atoms with Gasteiger partial charge in [-0.3, -0.25) is 4.79 Å². The second kappa shape index (κ2) is 5.80. The minimum atomic E-state index is -0.262. The first-order valence-corrected chi connectivity index (χ1v) is 7.96. The van der Waals surface area contributed by atoms with Crippen molar-refractivity contribution in [3.63, 3.8) is 0 Å². The van der Waals surface area contributed by atoms with E-state index in [0.717, 1.165) is 17.7 Å². The van der Waals surface area contributed by atoms with Crippen LogP contribution in [-0.4, -0.2) is 20.4 Å². The summed E-state index contributed by atoms with van der Waals surface area (Å²) in [6.07, 6.45) is 4.47. The molecule has 1 atom stereocenters. The molecule has 1 aromatic heterocycles. The van der Waals surface area contributed by atoms with Crippen molar-refractivity contribution < 1.29 is 9.18 Å². The third-order valence-corrected chi connectivity index (χ3v) is 4.86. The van der Waals surface area contributed by atoms with Crippen LogP contribution in [0.2, 0.25) is 0 Å². The lowest BCUT2D eigenvalue weighted by atomic mass is 9.80. The number of halogens is 1. The fraction of sp³-hybridized carbons (Fsp3) is 0.444. The van der Waals surface area contributed by atoms with Crippen LogP contribution in [0.5, 0.6) is 0 Å². The molecule has 0 spiro atoms. The Morgan fingerprint density at radius 2 is 2.00 bits per heavy atom. The van der Waals surface area contributed by atoms with Gasteiger partial charge in [0.2, 0.25) is 5.91 Å². The van der Waals surface area contributed by atoms with Gasteiger partial charge in [0.25, 0.3) is 0 Å². The third-order valence-electron chi connectivity index (χ3n) is 4.86. The standard InChI is InChI=1S/C18H22FN3O/c1-4-18(2,3)16-17(23)21(11-15-9-20-12-22(15)16)10-13-5-7-14(19)8-6-13/h5-9,12,16H,4,10-11H2,1-3H3. The molecule has 1 unspecified atom stereocenters. The van der Waals surface area contributed by atoms with E-state index in [1.165, 1.54) is 12.1 Å². The van der Waals surface area contributed by atoms with E-state index < -0.39 is 0 Å². The number of carbonyl (C=O) groups is 1. The molecular formula is C18H22FN3O. The lowest BCUT2D eigenvalue weighted by molar-refractivity contribution is -0.142. The van der Waals surface area contributed by atoms with E-state index in [1.54, 1.807) is 18.5 Å². The van der Waals surface area contributed by atoms with Crippen LogP contribution >= 0.6 is 0 Å².